The lowest BCUT2D eigenvalue weighted by atomic mass is 9.89. The average molecular weight is 458 g/mol. The topological polar surface area (TPSA) is 89.6 Å². The molecule has 0 bridgehead atoms. The van der Waals surface area contributed by atoms with E-state index in [4.69, 9.17) is 10.5 Å². The Bertz CT molecular complexity index is 1300. The van der Waals surface area contributed by atoms with Gasteiger partial charge in [0.1, 0.15) is 6.61 Å². The summed E-state index contributed by atoms with van der Waals surface area (Å²) >= 11 is 1.51. The summed E-state index contributed by atoms with van der Waals surface area (Å²) in [4.78, 5) is 24.8. The first kappa shape index (κ1) is 21.4. The first-order chi connectivity index (χ1) is 16.0. The third kappa shape index (κ3) is 3.92. The second-order valence-electron chi connectivity index (χ2n) is 8.28. The summed E-state index contributed by atoms with van der Waals surface area (Å²) in [6.07, 6.45) is -0.320. The number of benzene rings is 3. The van der Waals surface area contributed by atoms with Gasteiger partial charge in [-0.2, -0.15) is 0 Å². The van der Waals surface area contributed by atoms with E-state index in [-0.39, 0.29) is 18.9 Å². The fourth-order valence-electron chi connectivity index (χ4n) is 4.79. The lowest BCUT2D eigenvalue weighted by molar-refractivity contribution is -0.146. The molecule has 5 rings (SSSR count). The molecule has 1 aliphatic rings. The van der Waals surface area contributed by atoms with Gasteiger partial charge in [-0.05, 0) is 44.6 Å². The highest BCUT2D eigenvalue weighted by Crippen LogP contribution is 2.45. The van der Waals surface area contributed by atoms with E-state index in [0.29, 0.717) is 0 Å². The molecule has 0 fully saturated rings. The number of fused-ring (bicyclic) bond motifs is 4. The summed E-state index contributed by atoms with van der Waals surface area (Å²) in [6.45, 7) is 0.172. The van der Waals surface area contributed by atoms with Gasteiger partial charge >= 0.3 is 11.9 Å². The highest BCUT2D eigenvalue weighted by molar-refractivity contribution is 7.17. The van der Waals surface area contributed by atoms with Crippen LogP contribution in [0.4, 0.5) is 0 Å². The highest BCUT2D eigenvalue weighted by Gasteiger charge is 2.34. The minimum Gasteiger partial charge on any atom is -0.481 e. The third-order valence-corrected chi connectivity index (χ3v) is 7.27. The average Bonchev–Trinajstić information content (AvgIpc) is 3.37. The van der Waals surface area contributed by atoms with Crippen LogP contribution >= 0.6 is 11.3 Å². The second-order valence-corrected chi connectivity index (χ2v) is 9.19. The maximum atomic E-state index is 13.4. The van der Waals surface area contributed by atoms with Crippen molar-refractivity contribution in [3.63, 3.8) is 0 Å². The molecule has 0 spiro atoms. The zero-order valence-corrected chi connectivity index (χ0v) is 18.6. The number of esters is 1. The number of rotatable bonds is 7. The largest absolute Gasteiger partial charge is 0.481 e. The Labute approximate surface area is 195 Å². The molecule has 0 saturated carbocycles. The SMILES string of the molecule is N[C@H](CC(=O)O)C(C(=O)OCC1c2ccccc2-c2ccccc21)c1csc2ccccc12. The molecule has 3 N–H and O–H groups in total. The predicted molar refractivity (Wildman–Crippen MR) is 129 cm³/mol. The minimum atomic E-state index is -1.04. The van der Waals surface area contributed by atoms with Crippen molar-refractivity contribution in [2.45, 2.75) is 24.3 Å². The van der Waals surface area contributed by atoms with Crippen LogP contribution in [0.2, 0.25) is 0 Å². The number of aliphatic carboxylic acids is 1. The lowest BCUT2D eigenvalue weighted by Crippen LogP contribution is -2.37. The molecule has 3 aromatic carbocycles. The standard InChI is InChI=1S/C27H23NO4S/c28-23(13-25(29)30)26(22-15-33-24-12-6-5-11-20(22)24)27(31)32-14-21-18-9-3-1-7-16(18)17-8-2-4-10-19(17)21/h1-12,15,21,23,26H,13-14,28H2,(H,29,30)/t23-,26?/m1/s1. The van der Waals surface area contributed by atoms with Crippen molar-refractivity contribution >= 4 is 33.4 Å². The Morgan fingerprint density at radius 1 is 0.939 bits per heavy atom. The van der Waals surface area contributed by atoms with Gasteiger partial charge in [-0.15, -0.1) is 11.3 Å². The van der Waals surface area contributed by atoms with Gasteiger partial charge in [0.05, 0.1) is 12.3 Å². The zero-order valence-electron chi connectivity index (χ0n) is 17.8. The van der Waals surface area contributed by atoms with E-state index in [1.165, 1.54) is 11.3 Å². The molecule has 6 heteroatoms. The monoisotopic (exact) mass is 457 g/mol. The molecule has 33 heavy (non-hydrogen) atoms. The smallest absolute Gasteiger partial charge is 0.315 e. The number of hydrogen-bond donors (Lipinski definition) is 2. The molecule has 2 atom stereocenters. The summed E-state index contributed by atoms with van der Waals surface area (Å²) in [6, 6.07) is 23.1. The van der Waals surface area contributed by atoms with Crippen molar-refractivity contribution in [1.82, 2.24) is 0 Å². The maximum absolute atomic E-state index is 13.4. The molecule has 0 amide bonds. The van der Waals surface area contributed by atoms with Gasteiger partial charge in [-0.25, -0.2) is 0 Å². The van der Waals surface area contributed by atoms with Crippen LogP contribution in [0.3, 0.4) is 0 Å². The first-order valence-corrected chi connectivity index (χ1v) is 11.7. The Hall–Kier alpha value is -3.48. The molecule has 1 unspecified atom stereocenters. The summed E-state index contributed by atoms with van der Waals surface area (Å²) in [7, 11) is 0. The van der Waals surface area contributed by atoms with Crippen LogP contribution in [-0.4, -0.2) is 29.7 Å². The Morgan fingerprint density at radius 2 is 1.55 bits per heavy atom. The Morgan fingerprint density at radius 3 is 2.21 bits per heavy atom. The molecule has 1 aliphatic carbocycles. The summed E-state index contributed by atoms with van der Waals surface area (Å²) in [5.41, 5.74) is 11.5. The number of carboxylic acid groups (broad SMARTS) is 1. The summed E-state index contributed by atoms with van der Waals surface area (Å²) in [5.74, 6) is -2.46. The number of carbonyl (C=O) groups is 2. The van der Waals surface area contributed by atoms with Crippen molar-refractivity contribution in [3.05, 3.63) is 94.9 Å². The fraction of sp³-hybridized carbons (Fsp3) is 0.185. The molecule has 4 aromatic rings. The number of carboxylic acids is 1. The maximum Gasteiger partial charge on any atom is 0.315 e. The van der Waals surface area contributed by atoms with Crippen LogP contribution < -0.4 is 5.73 Å². The van der Waals surface area contributed by atoms with Gasteiger partial charge in [-0.1, -0.05) is 66.7 Å². The molecule has 1 aromatic heterocycles. The second kappa shape index (κ2) is 8.81. The number of ether oxygens (including phenoxy) is 1. The highest BCUT2D eigenvalue weighted by atomic mass is 32.1. The van der Waals surface area contributed by atoms with Crippen LogP contribution in [0.1, 0.15) is 34.9 Å². The normalized spacial score (nSPS) is 14.5. The van der Waals surface area contributed by atoms with E-state index in [1.807, 2.05) is 53.9 Å². The molecule has 0 radical (unpaired) electrons. The van der Waals surface area contributed by atoms with Gasteiger partial charge < -0.3 is 15.6 Å². The van der Waals surface area contributed by atoms with E-state index >= 15 is 0 Å². The number of carbonyl (C=O) groups excluding carboxylic acids is 1. The molecule has 5 nitrogen and oxygen atoms in total. The molecule has 0 aliphatic heterocycles. The number of thiophene rings is 1. The fourth-order valence-corrected chi connectivity index (χ4v) is 5.78. The van der Waals surface area contributed by atoms with Gasteiger partial charge in [-0.3, -0.25) is 9.59 Å². The van der Waals surface area contributed by atoms with Crippen LogP contribution in [0.5, 0.6) is 0 Å². The lowest BCUT2D eigenvalue weighted by Gasteiger charge is -2.23. The van der Waals surface area contributed by atoms with Crippen LogP contribution in [0.15, 0.2) is 78.2 Å². The van der Waals surface area contributed by atoms with E-state index in [0.717, 1.165) is 37.9 Å². The van der Waals surface area contributed by atoms with E-state index in [1.54, 1.807) is 0 Å². The molecule has 0 saturated heterocycles. The van der Waals surface area contributed by atoms with Gasteiger partial charge in [0.25, 0.3) is 0 Å². The van der Waals surface area contributed by atoms with Crippen molar-refractivity contribution in [2.24, 2.45) is 5.73 Å². The minimum absolute atomic E-state index is 0.0723. The van der Waals surface area contributed by atoms with E-state index < -0.39 is 23.9 Å². The predicted octanol–water partition coefficient (Wildman–Crippen LogP) is 5.14. The van der Waals surface area contributed by atoms with Gasteiger partial charge in [0.2, 0.25) is 0 Å². The van der Waals surface area contributed by atoms with E-state index in [2.05, 4.69) is 24.3 Å². The van der Waals surface area contributed by atoms with Gasteiger partial charge in [0, 0.05) is 16.7 Å². The summed E-state index contributed by atoms with van der Waals surface area (Å²) < 4.78 is 6.89. The van der Waals surface area contributed by atoms with Crippen molar-refractivity contribution in [1.29, 1.82) is 0 Å². The van der Waals surface area contributed by atoms with Crippen LogP contribution in [0.25, 0.3) is 21.2 Å². The van der Waals surface area contributed by atoms with Crippen molar-refractivity contribution < 1.29 is 19.4 Å². The van der Waals surface area contributed by atoms with Crippen LogP contribution in [0, 0.1) is 0 Å². The Balaban J connectivity index is 1.44. The van der Waals surface area contributed by atoms with Gasteiger partial charge in [0.15, 0.2) is 0 Å². The van der Waals surface area contributed by atoms with Crippen molar-refractivity contribution in [2.75, 3.05) is 6.61 Å². The molecule has 1 heterocycles. The number of hydrogen-bond acceptors (Lipinski definition) is 5. The molecular formula is C27H23NO4S. The van der Waals surface area contributed by atoms with Crippen molar-refractivity contribution in [3.8, 4) is 11.1 Å². The van der Waals surface area contributed by atoms with E-state index in [9.17, 15) is 14.7 Å². The van der Waals surface area contributed by atoms with Crippen LogP contribution in [-0.2, 0) is 14.3 Å². The third-order valence-electron chi connectivity index (χ3n) is 6.29. The Kier molecular flexibility index (Phi) is 5.70. The summed E-state index contributed by atoms with van der Waals surface area (Å²) in [5, 5.41) is 12.1. The zero-order chi connectivity index (χ0) is 22.9. The molecular weight excluding hydrogens is 434 g/mol. The quantitative estimate of drug-likeness (QED) is 0.375. The first-order valence-electron chi connectivity index (χ1n) is 10.8. The molecule has 166 valence electrons. The number of nitrogens with two attached hydrogens (primary N) is 1.